The molecular formula is C8H8F3N. The van der Waals surface area contributed by atoms with Crippen LogP contribution in [0.25, 0.3) is 0 Å². The van der Waals surface area contributed by atoms with E-state index < -0.39 is 12.2 Å². The van der Waals surface area contributed by atoms with E-state index >= 15 is 0 Å². The van der Waals surface area contributed by atoms with Crippen LogP contribution in [0.1, 0.15) is 5.56 Å². The minimum atomic E-state index is -3.21. The van der Waals surface area contributed by atoms with Gasteiger partial charge in [-0.05, 0) is 0 Å². The molecule has 0 amide bonds. The summed E-state index contributed by atoms with van der Waals surface area (Å²) in [6.45, 7) is 0. The molecule has 66 valence electrons. The third-order valence-electron chi connectivity index (χ3n) is 1.53. The van der Waals surface area contributed by atoms with Crippen LogP contribution in [0, 0.1) is 0 Å². The Hall–Kier alpha value is -1.03. The molecule has 1 aromatic carbocycles. The lowest BCUT2D eigenvalue weighted by molar-refractivity contribution is -0.0348. The van der Waals surface area contributed by atoms with E-state index in [1.54, 1.807) is 6.07 Å². The minimum absolute atomic E-state index is 0.208. The topological polar surface area (TPSA) is 26.0 Å². The van der Waals surface area contributed by atoms with Gasteiger partial charge in [-0.25, -0.2) is 13.2 Å². The van der Waals surface area contributed by atoms with Crippen LogP contribution in [0.2, 0.25) is 0 Å². The SMILES string of the molecule is NC(F)(c1ccccc1)C(F)F. The zero-order valence-electron chi connectivity index (χ0n) is 6.18. The van der Waals surface area contributed by atoms with E-state index in [-0.39, 0.29) is 5.56 Å². The van der Waals surface area contributed by atoms with Gasteiger partial charge in [0.05, 0.1) is 0 Å². The zero-order chi connectivity index (χ0) is 9.19. The average Bonchev–Trinajstić information content (AvgIpc) is 2.06. The first-order chi connectivity index (χ1) is 5.55. The molecule has 1 unspecified atom stereocenters. The second-order valence-electron chi connectivity index (χ2n) is 2.43. The Morgan fingerprint density at radius 1 is 1.17 bits per heavy atom. The van der Waals surface area contributed by atoms with Gasteiger partial charge in [0.1, 0.15) is 0 Å². The van der Waals surface area contributed by atoms with E-state index in [1.165, 1.54) is 24.3 Å². The fourth-order valence-corrected chi connectivity index (χ4v) is 0.820. The van der Waals surface area contributed by atoms with Crippen LogP contribution in [0.15, 0.2) is 30.3 Å². The number of alkyl halides is 3. The fraction of sp³-hybridized carbons (Fsp3) is 0.250. The second-order valence-corrected chi connectivity index (χ2v) is 2.43. The molecule has 1 nitrogen and oxygen atoms in total. The van der Waals surface area contributed by atoms with Crippen LogP contribution in [-0.4, -0.2) is 6.43 Å². The van der Waals surface area contributed by atoms with E-state index in [9.17, 15) is 13.2 Å². The van der Waals surface area contributed by atoms with Gasteiger partial charge in [0, 0.05) is 5.56 Å². The highest BCUT2D eigenvalue weighted by molar-refractivity contribution is 5.21. The predicted octanol–water partition coefficient (Wildman–Crippen LogP) is 2.03. The fourth-order valence-electron chi connectivity index (χ4n) is 0.820. The molecule has 1 rings (SSSR count). The highest BCUT2D eigenvalue weighted by Gasteiger charge is 2.37. The molecule has 0 aliphatic heterocycles. The van der Waals surface area contributed by atoms with Crippen LogP contribution >= 0.6 is 0 Å². The van der Waals surface area contributed by atoms with Crippen molar-refractivity contribution in [1.82, 2.24) is 0 Å². The Morgan fingerprint density at radius 2 is 1.67 bits per heavy atom. The van der Waals surface area contributed by atoms with Gasteiger partial charge in [-0.3, -0.25) is 5.73 Å². The van der Waals surface area contributed by atoms with Crippen molar-refractivity contribution in [3.63, 3.8) is 0 Å². The highest BCUT2D eigenvalue weighted by Crippen LogP contribution is 2.26. The van der Waals surface area contributed by atoms with Crippen molar-refractivity contribution in [2.24, 2.45) is 5.73 Å². The van der Waals surface area contributed by atoms with E-state index in [2.05, 4.69) is 0 Å². The molecule has 0 saturated heterocycles. The molecule has 1 atom stereocenters. The van der Waals surface area contributed by atoms with Crippen molar-refractivity contribution in [2.75, 3.05) is 0 Å². The summed E-state index contributed by atoms with van der Waals surface area (Å²) < 4.78 is 37.0. The lowest BCUT2D eigenvalue weighted by Crippen LogP contribution is -2.38. The molecular weight excluding hydrogens is 167 g/mol. The zero-order valence-corrected chi connectivity index (χ0v) is 6.18. The standard InChI is InChI=1S/C8H8F3N/c9-7(10)8(11,12)6-4-2-1-3-5-6/h1-5,7H,12H2. The molecule has 1 aromatic rings. The second kappa shape index (κ2) is 3.15. The first kappa shape index (κ1) is 9.06. The Bertz CT molecular complexity index is 246. The molecule has 4 heteroatoms. The van der Waals surface area contributed by atoms with E-state index in [4.69, 9.17) is 5.73 Å². The van der Waals surface area contributed by atoms with Crippen LogP contribution < -0.4 is 5.73 Å². The van der Waals surface area contributed by atoms with Crippen LogP contribution in [0.3, 0.4) is 0 Å². The Morgan fingerprint density at radius 3 is 2.08 bits per heavy atom. The van der Waals surface area contributed by atoms with Gasteiger partial charge in [0.25, 0.3) is 6.43 Å². The molecule has 0 heterocycles. The molecule has 0 radical (unpaired) electrons. The van der Waals surface area contributed by atoms with Gasteiger partial charge in [0.15, 0.2) is 0 Å². The summed E-state index contributed by atoms with van der Waals surface area (Å²) in [6.07, 6.45) is -3.21. The molecule has 0 aliphatic carbocycles. The number of benzene rings is 1. The van der Waals surface area contributed by atoms with Crippen molar-refractivity contribution in [2.45, 2.75) is 12.2 Å². The molecule has 12 heavy (non-hydrogen) atoms. The van der Waals surface area contributed by atoms with E-state index in [0.717, 1.165) is 0 Å². The summed E-state index contributed by atoms with van der Waals surface area (Å²) in [5.41, 5.74) is 4.56. The number of hydrogen-bond acceptors (Lipinski definition) is 1. The highest BCUT2D eigenvalue weighted by atomic mass is 19.3. The van der Waals surface area contributed by atoms with Crippen LogP contribution in [-0.2, 0) is 5.79 Å². The minimum Gasteiger partial charge on any atom is -0.290 e. The smallest absolute Gasteiger partial charge is 0.289 e. The quantitative estimate of drug-likeness (QED) is 0.684. The van der Waals surface area contributed by atoms with Gasteiger partial charge in [-0.15, -0.1) is 0 Å². The number of rotatable bonds is 2. The lowest BCUT2D eigenvalue weighted by Gasteiger charge is -2.18. The van der Waals surface area contributed by atoms with Crippen LogP contribution in [0.4, 0.5) is 13.2 Å². The average molecular weight is 175 g/mol. The van der Waals surface area contributed by atoms with Crippen molar-refractivity contribution >= 4 is 0 Å². The molecule has 2 N–H and O–H groups in total. The molecule has 0 aliphatic rings. The molecule has 0 fully saturated rings. The van der Waals surface area contributed by atoms with Gasteiger partial charge in [-0.2, -0.15) is 0 Å². The van der Waals surface area contributed by atoms with E-state index in [1.807, 2.05) is 0 Å². The van der Waals surface area contributed by atoms with Crippen molar-refractivity contribution in [3.05, 3.63) is 35.9 Å². The Kier molecular flexibility index (Phi) is 2.38. The molecule has 0 spiro atoms. The summed E-state index contributed by atoms with van der Waals surface area (Å²) in [7, 11) is 0. The maximum atomic E-state index is 13.0. The van der Waals surface area contributed by atoms with Crippen molar-refractivity contribution in [3.8, 4) is 0 Å². The maximum absolute atomic E-state index is 13.0. The Balaban J connectivity index is 2.98. The summed E-state index contributed by atoms with van der Waals surface area (Å²) in [5.74, 6) is -3.04. The monoisotopic (exact) mass is 175 g/mol. The maximum Gasteiger partial charge on any atom is 0.289 e. The summed E-state index contributed by atoms with van der Waals surface area (Å²) >= 11 is 0. The summed E-state index contributed by atoms with van der Waals surface area (Å²) in [5, 5.41) is 0. The molecule has 0 saturated carbocycles. The molecule has 0 bridgehead atoms. The third kappa shape index (κ3) is 1.58. The molecule has 0 aromatic heterocycles. The lowest BCUT2D eigenvalue weighted by atomic mass is 10.1. The van der Waals surface area contributed by atoms with Gasteiger partial charge >= 0.3 is 0 Å². The van der Waals surface area contributed by atoms with Crippen LogP contribution in [0.5, 0.6) is 0 Å². The van der Waals surface area contributed by atoms with Gasteiger partial charge in [-0.1, -0.05) is 30.3 Å². The number of hydrogen-bond donors (Lipinski definition) is 1. The van der Waals surface area contributed by atoms with Gasteiger partial charge in [0.2, 0.25) is 5.79 Å². The predicted molar refractivity (Wildman–Crippen MR) is 39.4 cm³/mol. The first-order valence-electron chi connectivity index (χ1n) is 3.36. The van der Waals surface area contributed by atoms with Crippen molar-refractivity contribution < 1.29 is 13.2 Å². The van der Waals surface area contributed by atoms with E-state index in [0.29, 0.717) is 0 Å². The first-order valence-corrected chi connectivity index (χ1v) is 3.36. The van der Waals surface area contributed by atoms with Gasteiger partial charge < -0.3 is 0 Å². The van der Waals surface area contributed by atoms with Crippen molar-refractivity contribution in [1.29, 1.82) is 0 Å². The Labute approximate surface area is 68.0 Å². The third-order valence-corrected chi connectivity index (χ3v) is 1.53. The number of halogens is 3. The normalized spacial score (nSPS) is 16.1. The largest absolute Gasteiger partial charge is 0.290 e. The summed E-state index contributed by atoms with van der Waals surface area (Å²) in [6, 6.07) is 6.97. The number of nitrogens with two attached hydrogens (primary N) is 1. The summed E-state index contributed by atoms with van der Waals surface area (Å²) in [4.78, 5) is 0.